The normalized spacial score (nSPS) is 26.3. The Hall–Kier alpha value is -1.47. The molecule has 0 unspecified atom stereocenters. The van der Waals surface area contributed by atoms with Gasteiger partial charge in [-0.3, -0.25) is 9.69 Å². The van der Waals surface area contributed by atoms with Gasteiger partial charge in [-0.15, -0.1) is 0 Å². The lowest BCUT2D eigenvalue weighted by Crippen LogP contribution is -2.50. The van der Waals surface area contributed by atoms with Crippen LogP contribution in [0.2, 0.25) is 0 Å². The third kappa shape index (κ3) is 3.01. The summed E-state index contributed by atoms with van der Waals surface area (Å²) in [4.78, 5) is 21.3. The van der Waals surface area contributed by atoms with Gasteiger partial charge in [-0.1, -0.05) is 5.16 Å². The number of aryl methyl sites for hydroxylation is 1. The molecule has 2 fully saturated rings. The van der Waals surface area contributed by atoms with Crippen molar-refractivity contribution in [3.05, 3.63) is 11.7 Å². The summed E-state index contributed by atoms with van der Waals surface area (Å²) in [6.45, 7) is 6.30. The van der Waals surface area contributed by atoms with Crippen molar-refractivity contribution >= 4 is 5.91 Å². The molecule has 122 valence electrons. The second kappa shape index (κ2) is 6.34. The van der Waals surface area contributed by atoms with E-state index < -0.39 is 0 Å². The van der Waals surface area contributed by atoms with Crippen molar-refractivity contribution in [2.75, 3.05) is 39.9 Å². The van der Waals surface area contributed by atoms with Crippen molar-refractivity contribution < 1.29 is 14.1 Å². The average molecular weight is 308 g/mol. The molecule has 22 heavy (non-hydrogen) atoms. The number of piperidine rings is 1. The van der Waals surface area contributed by atoms with Crippen LogP contribution in [0.1, 0.15) is 31.0 Å². The van der Waals surface area contributed by atoms with Gasteiger partial charge in [0.2, 0.25) is 11.8 Å². The van der Waals surface area contributed by atoms with Crippen molar-refractivity contribution in [3.8, 4) is 0 Å². The van der Waals surface area contributed by atoms with Crippen LogP contribution < -0.4 is 0 Å². The number of likely N-dealkylation sites (tertiary alicyclic amines) is 2. The Labute approximate surface area is 130 Å². The molecule has 2 aliphatic rings. The van der Waals surface area contributed by atoms with Crippen LogP contribution in [0.25, 0.3) is 0 Å². The number of aromatic nitrogens is 2. The van der Waals surface area contributed by atoms with E-state index in [1.54, 1.807) is 7.11 Å². The zero-order valence-electron chi connectivity index (χ0n) is 13.4. The predicted molar refractivity (Wildman–Crippen MR) is 79.1 cm³/mol. The average Bonchev–Trinajstić information content (AvgIpc) is 3.09. The highest BCUT2D eigenvalue weighted by atomic mass is 16.5. The van der Waals surface area contributed by atoms with Gasteiger partial charge >= 0.3 is 0 Å². The maximum atomic E-state index is 12.8. The number of hydrogen-bond donors (Lipinski definition) is 0. The van der Waals surface area contributed by atoms with Gasteiger partial charge in [0.05, 0.1) is 18.6 Å². The highest BCUT2D eigenvalue weighted by Crippen LogP contribution is 2.40. The first-order valence-corrected chi connectivity index (χ1v) is 7.93. The maximum absolute atomic E-state index is 12.8. The third-order valence-electron chi connectivity index (χ3n) is 4.75. The van der Waals surface area contributed by atoms with Crippen LogP contribution >= 0.6 is 0 Å². The summed E-state index contributed by atoms with van der Waals surface area (Å²) in [5.74, 6) is 1.58. The second-order valence-corrected chi connectivity index (χ2v) is 6.36. The van der Waals surface area contributed by atoms with Gasteiger partial charge in [-0.25, -0.2) is 0 Å². The summed E-state index contributed by atoms with van der Waals surface area (Å²) in [5.41, 5.74) is -0.221. The molecule has 7 nitrogen and oxygen atoms in total. The zero-order chi connectivity index (χ0) is 15.6. The number of carbonyl (C=O) groups excluding carboxylic acids is 1. The van der Waals surface area contributed by atoms with E-state index in [0.29, 0.717) is 37.3 Å². The van der Waals surface area contributed by atoms with E-state index in [4.69, 9.17) is 9.26 Å². The summed E-state index contributed by atoms with van der Waals surface area (Å²) in [5, 5.41) is 3.82. The van der Waals surface area contributed by atoms with Gasteiger partial charge < -0.3 is 14.2 Å². The monoisotopic (exact) mass is 308 g/mol. The van der Waals surface area contributed by atoms with Crippen LogP contribution in [0, 0.1) is 12.3 Å². The molecular formula is C15H24N4O3. The number of hydrogen-bond acceptors (Lipinski definition) is 6. The predicted octanol–water partition coefficient (Wildman–Crippen LogP) is 0.839. The van der Waals surface area contributed by atoms with Crippen molar-refractivity contribution in [2.24, 2.45) is 5.41 Å². The Morgan fingerprint density at radius 1 is 1.36 bits per heavy atom. The van der Waals surface area contributed by atoms with E-state index in [0.717, 1.165) is 38.9 Å². The zero-order valence-corrected chi connectivity index (χ0v) is 13.4. The first-order chi connectivity index (χ1) is 10.6. The van der Waals surface area contributed by atoms with Gasteiger partial charge in [0, 0.05) is 26.7 Å². The Kier molecular flexibility index (Phi) is 4.44. The molecule has 1 aromatic heterocycles. The summed E-state index contributed by atoms with van der Waals surface area (Å²) >= 11 is 0. The number of rotatable bonds is 5. The topological polar surface area (TPSA) is 71.7 Å². The van der Waals surface area contributed by atoms with E-state index in [2.05, 4.69) is 15.0 Å². The molecule has 0 aliphatic carbocycles. The van der Waals surface area contributed by atoms with Gasteiger partial charge in [0.1, 0.15) is 0 Å². The summed E-state index contributed by atoms with van der Waals surface area (Å²) in [6.07, 6.45) is 2.97. The lowest BCUT2D eigenvalue weighted by molar-refractivity contribution is -0.146. The van der Waals surface area contributed by atoms with Gasteiger partial charge in [0.15, 0.2) is 5.82 Å². The molecule has 3 rings (SSSR count). The Bertz CT molecular complexity index is 533. The molecule has 1 atom stereocenters. The molecule has 0 bridgehead atoms. The highest BCUT2D eigenvalue weighted by Gasteiger charge is 2.48. The molecule has 1 amide bonds. The molecule has 0 saturated carbocycles. The summed E-state index contributed by atoms with van der Waals surface area (Å²) < 4.78 is 10.3. The summed E-state index contributed by atoms with van der Waals surface area (Å²) in [6, 6.07) is 0. The molecule has 0 radical (unpaired) electrons. The molecule has 7 heteroatoms. The molecule has 2 saturated heterocycles. The number of ether oxygens (including phenoxy) is 1. The number of carbonyl (C=O) groups is 1. The fourth-order valence-electron chi connectivity index (χ4n) is 3.63. The van der Waals surface area contributed by atoms with Crippen molar-refractivity contribution in [3.63, 3.8) is 0 Å². The minimum absolute atomic E-state index is 0.221. The molecule has 0 N–H and O–H groups in total. The van der Waals surface area contributed by atoms with Crippen LogP contribution in [0.4, 0.5) is 0 Å². The van der Waals surface area contributed by atoms with Crippen LogP contribution in [0.15, 0.2) is 4.52 Å². The first-order valence-electron chi connectivity index (χ1n) is 7.93. The Balaban J connectivity index is 1.63. The molecule has 2 aliphatic heterocycles. The Morgan fingerprint density at radius 2 is 2.23 bits per heavy atom. The van der Waals surface area contributed by atoms with Crippen LogP contribution in [-0.2, 0) is 16.1 Å². The molecule has 1 aromatic rings. The lowest BCUT2D eigenvalue weighted by atomic mass is 9.78. The van der Waals surface area contributed by atoms with E-state index >= 15 is 0 Å². The van der Waals surface area contributed by atoms with Crippen molar-refractivity contribution in [1.82, 2.24) is 19.9 Å². The van der Waals surface area contributed by atoms with E-state index in [1.165, 1.54) is 0 Å². The second-order valence-electron chi connectivity index (χ2n) is 6.36. The standard InChI is InChI=1S/C15H24N4O3/c1-12-16-13(22-17-12)10-18-7-5-15(11-18)4-3-6-19(14(15)20)8-9-21-2/h3-11H2,1-2H3/t15-/m1/s1. The van der Waals surface area contributed by atoms with Crippen molar-refractivity contribution in [1.29, 1.82) is 0 Å². The smallest absolute Gasteiger partial charge is 0.240 e. The van der Waals surface area contributed by atoms with E-state index in [-0.39, 0.29) is 5.41 Å². The summed E-state index contributed by atoms with van der Waals surface area (Å²) in [7, 11) is 1.67. The molecule has 3 heterocycles. The van der Waals surface area contributed by atoms with Crippen LogP contribution in [-0.4, -0.2) is 65.7 Å². The minimum atomic E-state index is -0.221. The first kappa shape index (κ1) is 15.4. The quantitative estimate of drug-likeness (QED) is 0.802. The largest absolute Gasteiger partial charge is 0.383 e. The van der Waals surface area contributed by atoms with Gasteiger partial charge in [0.25, 0.3) is 0 Å². The number of amides is 1. The maximum Gasteiger partial charge on any atom is 0.240 e. The van der Waals surface area contributed by atoms with Crippen LogP contribution in [0.5, 0.6) is 0 Å². The van der Waals surface area contributed by atoms with Gasteiger partial charge in [-0.2, -0.15) is 4.98 Å². The lowest BCUT2D eigenvalue weighted by Gasteiger charge is -2.39. The van der Waals surface area contributed by atoms with E-state index in [1.807, 2.05) is 11.8 Å². The Morgan fingerprint density at radius 3 is 2.95 bits per heavy atom. The fourth-order valence-corrected chi connectivity index (χ4v) is 3.63. The van der Waals surface area contributed by atoms with E-state index in [9.17, 15) is 4.79 Å². The fraction of sp³-hybridized carbons (Fsp3) is 0.800. The third-order valence-corrected chi connectivity index (χ3v) is 4.75. The molecular weight excluding hydrogens is 284 g/mol. The van der Waals surface area contributed by atoms with Crippen LogP contribution in [0.3, 0.4) is 0 Å². The highest BCUT2D eigenvalue weighted by molar-refractivity contribution is 5.84. The number of nitrogens with zero attached hydrogens (tertiary/aromatic N) is 4. The minimum Gasteiger partial charge on any atom is -0.383 e. The molecule has 0 aromatic carbocycles. The number of methoxy groups -OCH3 is 1. The molecule has 1 spiro atoms. The van der Waals surface area contributed by atoms with Gasteiger partial charge in [-0.05, 0) is 32.7 Å². The SMILES string of the molecule is COCCN1CCC[C@]2(CCN(Cc3nc(C)no3)C2)C1=O. The van der Waals surface area contributed by atoms with Crippen molar-refractivity contribution in [2.45, 2.75) is 32.7 Å².